The molecular weight excluding hydrogens is 289 g/mol. The van der Waals surface area contributed by atoms with Crippen molar-refractivity contribution in [3.8, 4) is 0 Å². The predicted molar refractivity (Wildman–Crippen MR) is 80.5 cm³/mol. The van der Waals surface area contributed by atoms with Crippen molar-refractivity contribution in [2.24, 2.45) is 5.92 Å². The maximum absolute atomic E-state index is 10.3. The summed E-state index contributed by atoms with van der Waals surface area (Å²) in [6, 6.07) is 6.33. The van der Waals surface area contributed by atoms with Crippen molar-refractivity contribution < 1.29 is 15.0 Å². The Morgan fingerprint density at radius 1 is 1.37 bits per heavy atom. The normalized spacial score (nSPS) is 9.32. The van der Waals surface area contributed by atoms with Crippen LogP contribution in [0.3, 0.4) is 0 Å². The molecule has 0 aromatic heterocycles. The SMILES string of the molecule is CC(C)CNCCO.Cl.O=C(O)c1ccccc1Cl. The Balaban J connectivity index is 0. The van der Waals surface area contributed by atoms with Crippen molar-refractivity contribution in [3.63, 3.8) is 0 Å². The Kier molecular flexibility index (Phi) is 13.2. The van der Waals surface area contributed by atoms with Crippen molar-refractivity contribution in [1.29, 1.82) is 0 Å². The molecule has 3 N–H and O–H groups in total. The Bertz CT molecular complexity index is 359. The third-order valence-electron chi connectivity index (χ3n) is 1.95. The van der Waals surface area contributed by atoms with Crippen LogP contribution in [0, 0.1) is 5.92 Å². The lowest BCUT2D eigenvalue weighted by Crippen LogP contribution is -2.22. The van der Waals surface area contributed by atoms with E-state index < -0.39 is 5.97 Å². The predicted octanol–water partition coefficient (Wildman–Crippen LogP) is 2.68. The van der Waals surface area contributed by atoms with Crippen LogP contribution in [0.5, 0.6) is 0 Å². The lowest BCUT2D eigenvalue weighted by atomic mass is 10.2. The van der Waals surface area contributed by atoms with E-state index in [1.165, 1.54) is 6.07 Å². The standard InChI is InChI=1S/C7H5ClO2.C6H15NO.ClH/c8-6-4-2-1-3-5(6)7(9)10;1-6(2)5-7-3-4-8;/h1-4H,(H,9,10);6-8H,3-5H2,1-2H3;1H. The first-order valence-corrected chi connectivity index (χ1v) is 6.16. The van der Waals surface area contributed by atoms with Crippen LogP contribution < -0.4 is 5.32 Å². The number of aromatic carboxylic acids is 1. The Morgan fingerprint density at radius 3 is 2.32 bits per heavy atom. The smallest absolute Gasteiger partial charge is 0.337 e. The number of aliphatic hydroxyl groups is 1. The van der Waals surface area contributed by atoms with Gasteiger partial charge in [-0.25, -0.2) is 4.79 Å². The second-order valence-electron chi connectivity index (χ2n) is 4.11. The van der Waals surface area contributed by atoms with Crippen molar-refractivity contribution in [2.45, 2.75) is 13.8 Å². The fourth-order valence-corrected chi connectivity index (χ4v) is 1.32. The number of carbonyl (C=O) groups is 1. The summed E-state index contributed by atoms with van der Waals surface area (Å²) in [6.07, 6.45) is 0. The highest BCUT2D eigenvalue weighted by atomic mass is 35.5. The van der Waals surface area contributed by atoms with Crippen molar-refractivity contribution in [2.75, 3.05) is 19.7 Å². The fourth-order valence-electron chi connectivity index (χ4n) is 1.10. The first-order valence-electron chi connectivity index (χ1n) is 5.78. The van der Waals surface area contributed by atoms with Crippen molar-refractivity contribution in [1.82, 2.24) is 5.32 Å². The highest BCUT2D eigenvalue weighted by molar-refractivity contribution is 6.33. The van der Waals surface area contributed by atoms with E-state index in [4.69, 9.17) is 21.8 Å². The monoisotopic (exact) mass is 309 g/mol. The van der Waals surface area contributed by atoms with E-state index in [-0.39, 0.29) is 29.6 Å². The van der Waals surface area contributed by atoms with E-state index in [1.807, 2.05) is 0 Å². The van der Waals surface area contributed by atoms with Gasteiger partial charge in [0.15, 0.2) is 0 Å². The van der Waals surface area contributed by atoms with Gasteiger partial charge in [-0.3, -0.25) is 0 Å². The molecule has 0 radical (unpaired) electrons. The average Bonchev–Trinajstić information content (AvgIpc) is 2.30. The number of carboxylic acids is 1. The lowest BCUT2D eigenvalue weighted by Gasteiger charge is -2.03. The van der Waals surface area contributed by atoms with Crippen molar-refractivity contribution >= 4 is 30.0 Å². The molecule has 19 heavy (non-hydrogen) atoms. The Labute approximate surface area is 125 Å². The highest BCUT2D eigenvalue weighted by Crippen LogP contribution is 2.13. The van der Waals surface area contributed by atoms with Gasteiger partial charge in [-0.1, -0.05) is 37.6 Å². The van der Waals surface area contributed by atoms with E-state index in [0.717, 1.165) is 13.1 Å². The third kappa shape index (κ3) is 10.8. The Hall–Kier alpha value is -0.810. The number of hydrogen-bond donors (Lipinski definition) is 3. The molecule has 1 aromatic carbocycles. The minimum Gasteiger partial charge on any atom is -0.478 e. The van der Waals surface area contributed by atoms with Crippen LogP contribution in [0.1, 0.15) is 24.2 Å². The number of hydrogen-bond acceptors (Lipinski definition) is 3. The highest BCUT2D eigenvalue weighted by Gasteiger charge is 2.04. The molecule has 0 heterocycles. The zero-order valence-electron chi connectivity index (χ0n) is 11.1. The van der Waals surface area contributed by atoms with Gasteiger partial charge in [-0.15, -0.1) is 12.4 Å². The van der Waals surface area contributed by atoms with E-state index in [1.54, 1.807) is 18.2 Å². The first kappa shape index (κ1) is 20.5. The zero-order valence-corrected chi connectivity index (χ0v) is 12.7. The maximum Gasteiger partial charge on any atom is 0.337 e. The lowest BCUT2D eigenvalue weighted by molar-refractivity contribution is 0.0697. The summed E-state index contributed by atoms with van der Waals surface area (Å²) in [6.45, 7) is 6.25. The van der Waals surface area contributed by atoms with Gasteiger partial charge in [0, 0.05) is 6.54 Å². The molecule has 0 aliphatic heterocycles. The topological polar surface area (TPSA) is 69.6 Å². The van der Waals surface area contributed by atoms with E-state index in [2.05, 4.69) is 19.2 Å². The summed E-state index contributed by atoms with van der Waals surface area (Å²) in [5.41, 5.74) is 0.143. The molecule has 0 atom stereocenters. The van der Waals surface area contributed by atoms with Gasteiger partial charge in [0.1, 0.15) is 0 Å². The molecule has 4 nitrogen and oxygen atoms in total. The second kappa shape index (κ2) is 12.2. The third-order valence-corrected chi connectivity index (χ3v) is 2.28. The summed E-state index contributed by atoms with van der Waals surface area (Å²) in [5, 5.41) is 20.2. The number of benzene rings is 1. The summed E-state index contributed by atoms with van der Waals surface area (Å²) >= 11 is 5.54. The number of rotatable bonds is 5. The van der Waals surface area contributed by atoms with Crippen LogP contribution in [0.25, 0.3) is 0 Å². The molecule has 0 saturated carbocycles. The van der Waals surface area contributed by atoms with E-state index in [0.29, 0.717) is 5.92 Å². The molecule has 0 spiro atoms. The zero-order chi connectivity index (χ0) is 14.0. The molecule has 110 valence electrons. The molecule has 0 aliphatic carbocycles. The molecule has 1 aromatic rings. The van der Waals surface area contributed by atoms with E-state index in [9.17, 15) is 4.79 Å². The molecule has 0 fully saturated rings. The average molecular weight is 310 g/mol. The number of aliphatic hydroxyl groups excluding tert-OH is 1. The quantitative estimate of drug-likeness (QED) is 0.731. The minimum absolute atomic E-state index is 0. The van der Waals surface area contributed by atoms with Crippen molar-refractivity contribution in [3.05, 3.63) is 34.9 Å². The number of nitrogens with one attached hydrogen (secondary N) is 1. The Morgan fingerprint density at radius 2 is 1.95 bits per heavy atom. The summed E-state index contributed by atoms with van der Waals surface area (Å²) in [4.78, 5) is 10.3. The summed E-state index contributed by atoms with van der Waals surface area (Å²) in [7, 11) is 0. The van der Waals surface area contributed by atoms with Crippen LogP contribution in [-0.2, 0) is 0 Å². The molecule has 1 rings (SSSR count). The van der Waals surface area contributed by atoms with Gasteiger partial charge in [0.25, 0.3) is 0 Å². The van der Waals surface area contributed by atoms with Crippen LogP contribution in [-0.4, -0.2) is 35.9 Å². The van der Waals surface area contributed by atoms with Gasteiger partial charge >= 0.3 is 5.97 Å². The van der Waals surface area contributed by atoms with Gasteiger partial charge < -0.3 is 15.5 Å². The molecule has 0 saturated heterocycles. The molecule has 0 bridgehead atoms. The number of halogens is 2. The van der Waals surface area contributed by atoms with E-state index >= 15 is 0 Å². The fraction of sp³-hybridized carbons (Fsp3) is 0.462. The van der Waals surface area contributed by atoms with Crippen LogP contribution in [0.2, 0.25) is 5.02 Å². The van der Waals surface area contributed by atoms with Crippen LogP contribution in [0.15, 0.2) is 24.3 Å². The molecular formula is C13H21Cl2NO3. The molecule has 0 aliphatic rings. The molecule has 6 heteroatoms. The molecule has 0 amide bonds. The number of carboxylic acid groups (broad SMARTS) is 1. The van der Waals surface area contributed by atoms with Gasteiger partial charge in [-0.2, -0.15) is 0 Å². The first-order chi connectivity index (χ1) is 8.49. The van der Waals surface area contributed by atoms with Gasteiger partial charge in [0.05, 0.1) is 17.2 Å². The summed E-state index contributed by atoms with van der Waals surface area (Å²) in [5.74, 6) is -0.313. The molecule has 0 unspecified atom stereocenters. The van der Waals surface area contributed by atoms with Crippen LogP contribution >= 0.6 is 24.0 Å². The summed E-state index contributed by atoms with van der Waals surface area (Å²) < 4.78 is 0. The largest absolute Gasteiger partial charge is 0.478 e. The second-order valence-corrected chi connectivity index (χ2v) is 4.51. The van der Waals surface area contributed by atoms with Gasteiger partial charge in [-0.05, 0) is 24.6 Å². The maximum atomic E-state index is 10.3. The minimum atomic E-state index is -0.995. The van der Waals surface area contributed by atoms with Crippen LogP contribution in [0.4, 0.5) is 0 Å². The van der Waals surface area contributed by atoms with Gasteiger partial charge in [0.2, 0.25) is 0 Å².